The summed E-state index contributed by atoms with van der Waals surface area (Å²) in [6.07, 6.45) is 1.60. The second-order valence-electron chi connectivity index (χ2n) is 4.25. The first kappa shape index (κ1) is 15.0. The van der Waals surface area contributed by atoms with E-state index < -0.39 is 6.61 Å². The van der Waals surface area contributed by atoms with Crippen molar-refractivity contribution >= 4 is 15.9 Å². The Kier molecular flexibility index (Phi) is 5.14. The van der Waals surface area contributed by atoms with Crippen LogP contribution in [0.4, 0.5) is 8.78 Å². The molecule has 0 aliphatic carbocycles. The Morgan fingerprint density at radius 3 is 2.80 bits per heavy atom. The third-order valence-corrected chi connectivity index (χ3v) is 3.30. The number of halogens is 3. The number of hydrogen-bond acceptors (Lipinski definition) is 3. The SMILES string of the molecule is C[C@@H](NCc1cc(Br)ccc1OC(F)F)c1ccco1. The van der Waals surface area contributed by atoms with Crippen molar-refractivity contribution in [2.24, 2.45) is 0 Å². The minimum Gasteiger partial charge on any atom is -0.468 e. The molecule has 108 valence electrons. The zero-order valence-electron chi connectivity index (χ0n) is 10.8. The average molecular weight is 346 g/mol. The summed E-state index contributed by atoms with van der Waals surface area (Å²) >= 11 is 3.32. The summed E-state index contributed by atoms with van der Waals surface area (Å²) in [5.74, 6) is 0.957. The summed E-state index contributed by atoms with van der Waals surface area (Å²) < 4.78 is 35.3. The molecule has 20 heavy (non-hydrogen) atoms. The van der Waals surface area contributed by atoms with Crippen LogP contribution in [0.15, 0.2) is 45.5 Å². The predicted octanol–water partition coefficient (Wildman–Crippen LogP) is 4.49. The molecule has 0 amide bonds. The van der Waals surface area contributed by atoms with Gasteiger partial charge < -0.3 is 14.5 Å². The van der Waals surface area contributed by atoms with Crippen molar-refractivity contribution in [3.8, 4) is 5.75 Å². The highest BCUT2D eigenvalue weighted by atomic mass is 79.9. The van der Waals surface area contributed by atoms with Gasteiger partial charge in [-0.3, -0.25) is 0 Å². The van der Waals surface area contributed by atoms with Crippen LogP contribution in [-0.2, 0) is 6.54 Å². The monoisotopic (exact) mass is 345 g/mol. The molecule has 3 nitrogen and oxygen atoms in total. The Bertz CT molecular complexity index is 546. The maximum absolute atomic E-state index is 12.4. The molecule has 0 fully saturated rings. The maximum Gasteiger partial charge on any atom is 0.387 e. The van der Waals surface area contributed by atoms with Crippen LogP contribution < -0.4 is 10.1 Å². The van der Waals surface area contributed by atoms with E-state index in [-0.39, 0.29) is 11.8 Å². The molecular weight excluding hydrogens is 332 g/mol. The lowest BCUT2D eigenvalue weighted by atomic mass is 10.2. The lowest BCUT2D eigenvalue weighted by Gasteiger charge is -2.15. The van der Waals surface area contributed by atoms with Gasteiger partial charge in [0, 0.05) is 16.6 Å². The van der Waals surface area contributed by atoms with Gasteiger partial charge in [0.25, 0.3) is 0 Å². The first-order valence-electron chi connectivity index (χ1n) is 6.06. The summed E-state index contributed by atoms with van der Waals surface area (Å²) in [6.45, 7) is -0.509. The van der Waals surface area contributed by atoms with Gasteiger partial charge in [-0.25, -0.2) is 0 Å². The number of nitrogens with one attached hydrogen (secondary N) is 1. The molecular formula is C14H14BrF2NO2. The van der Waals surface area contributed by atoms with Crippen LogP contribution in [0.1, 0.15) is 24.3 Å². The van der Waals surface area contributed by atoms with Crippen molar-refractivity contribution in [1.82, 2.24) is 5.32 Å². The molecule has 1 heterocycles. The molecule has 1 aromatic carbocycles. The zero-order valence-corrected chi connectivity index (χ0v) is 12.4. The van der Waals surface area contributed by atoms with E-state index in [0.29, 0.717) is 12.1 Å². The Labute approximate surface area is 124 Å². The minimum absolute atomic E-state index is 0.0246. The number of furan rings is 1. The van der Waals surface area contributed by atoms with Crippen LogP contribution in [0.3, 0.4) is 0 Å². The molecule has 2 aromatic rings. The van der Waals surface area contributed by atoms with Crippen molar-refractivity contribution in [3.05, 3.63) is 52.4 Å². The van der Waals surface area contributed by atoms with Crippen LogP contribution >= 0.6 is 15.9 Å². The number of alkyl halides is 2. The van der Waals surface area contributed by atoms with Gasteiger partial charge in [-0.05, 0) is 37.3 Å². The van der Waals surface area contributed by atoms with Crippen molar-refractivity contribution in [3.63, 3.8) is 0 Å². The number of rotatable bonds is 6. The molecule has 1 N–H and O–H groups in total. The van der Waals surface area contributed by atoms with E-state index in [9.17, 15) is 8.78 Å². The molecule has 6 heteroatoms. The van der Waals surface area contributed by atoms with E-state index in [1.54, 1.807) is 24.5 Å². The zero-order chi connectivity index (χ0) is 14.5. The van der Waals surface area contributed by atoms with Crippen LogP contribution in [0.5, 0.6) is 5.75 Å². The Morgan fingerprint density at radius 1 is 1.35 bits per heavy atom. The molecule has 1 atom stereocenters. The highest BCUT2D eigenvalue weighted by Gasteiger charge is 2.12. The van der Waals surface area contributed by atoms with E-state index in [2.05, 4.69) is 26.0 Å². The average Bonchev–Trinajstić information content (AvgIpc) is 2.92. The summed E-state index contributed by atoms with van der Waals surface area (Å²) in [5.41, 5.74) is 0.651. The summed E-state index contributed by atoms with van der Waals surface area (Å²) in [4.78, 5) is 0. The van der Waals surface area contributed by atoms with Gasteiger partial charge >= 0.3 is 6.61 Å². The van der Waals surface area contributed by atoms with Crippen LogP contribution in [0.25, 0.3) is 0 Å². The van der Waals surface area contributed by atoms with E-state index in [0.717, 1.165) is 10.2 Å². The fourth-order valence-electron chi connectivity index (χ4n) is 1.80. The number of hydrogen-bond donors (Lipinski definition) is 1. The normalized spacial score (nSPS) is 12.7. The fourth-order valence-corrected chi connectivity index (χ4v) is 2.21. The van der Waals surface area contributed by atoms with E-state index in [1.165, 1.54) is 6.07 Å². The molecule has 0 unspecified atom stereocenters. The number of ether oxygens (including phenoxy) is 1. The van der Waals surface area contributed by atoms with Crippen LogP contribution in [-0.4, -0.2) is 6.61 Å². The smallest absolute Gasteiger partial charge is 0.387 e. The Hall–Kier alpha value is -1.40. The molecule has 0 spiro atoms. The van der Waals surface area contributed by atoms with Gasteiger partial charge in [0.2, 0.25) is 0 Å². The topological polar surface area (TPSA) is 34.4 Å². The van der Waals surface area contributed by atoms with Gasteiger partial charge in [0.1, 0.15) is 11.5 Å². The molecule has 1 aromatic heterocycles. The van der Waals surface area contributed by atoms with Crippen molar-refractivity contribution < 1.29 is 17.9 Å². The standard InChI is InChI=1S/C14H14BrF2NO2/c1-9(12-3-2-6-19-12)18-8-10-7-11(15)4-5-13(10)20-14(16)17/h2-7,9,14,18H,8H2,1H3/t9-/m1/s1. The maximum atomic E-state index is 12.4. The van der Waals surface area contributed by atoms with Crippen LogP contribution in [0, 0.1) is 0 Å². The highest BCUT2D eigenvalue weighted by molar-refractivity contribution is 9.10. The summed E-state index contributed by atoms with van der Waals surface area (Å²) in [6, 6.07) is 8.57. The highest BCUT2D eigenvalue weighted by Crippen LogP contribution is 2.25. The summed E-state index contributed by atoms with van der Waals surface area (Å²) in [7, 11) is 0. The van der Waals surface area contributed by atoms with E-state index in [1.807, 2.05) is 13.0 Å². The minimum atomic E-state index is -2.84. The second kappa shape index (κ2) is 6.85. The second-order valence-corrected chi connectivity index (χ2v) is 5.16. The quantitative estimate of drug-likeness (QED) is 0.837. The third kappa shape index (κ3) is 4.05. The Morgan fingerprint density at radius 2 is 2.15 bits per heavy atom. The van der Waals surface area contributed by atoms with Gasteiger partial charge in [-0.1, -0.05) is 15.9 Å². The van der Waals surface area contributed by atoms with Crippen molar-refractivity contribution in [1.29, 1.82) is 0 Å². The van der Waals surface area contributed by atoms with Crippen LogP contribution in [0.2, 0.25) is 0 Å². The molecule has 0 aliphatic rings. The van der Waals surface area contributed by atoms with Gasteiger partial charge in [0.15, 0.2) is 0 Å². The first-order chi connectivity index (χ1) is 9.56. The molecule has 2 rings (SSSR count). The van der Waals surface area contributed by atoms with Crippen molar-refractivity contribution in [2.75, 3.05) is 0 Å². The fraction of sp³-hybridized carbons (Fsp3) is 0.286. The first-order valence-corrected chi connectivity index (χ1v) is 6.85. The number of benzene rings is 1. The van der Waals surface area contributed by atoms with Gasteiger partial charge in [-0.15, -0.1) is 0 Å². The predicted molar refractivity (Wildman–Crippen MR) is 74.7 cm³/mol. The Balaban J connectivity index is 2.06. The molecule has 0 saturated carbocycles. The van der Waals surface area contributed by atoms with Crippen molar-refractivity contribution in [2.45, 2.75) is 26.1 Å². The lowest BCUT2D eigenvalue weighted by molar-refractivity contribution is -0.0505. The largest absolute Gasteiger partial charge is 0.468 e. The molecule has 0 aliphatic heterocycles. The third-order valence-electron chi connectivity index (χ3n) is 2.81. The molecule has 0 saturated heterocycles. The molecule has 0 radical (unpaired) electrons. The molecule has 0 bridgehead atoms. The summed E-state index contributed by atoms with van der Waals surface area (Å²) in [5, 5.41) is 3.20. The van der Waals surface area contributed by atoms with E-state index in [4.69, 9.17) is 4.42 Å². The van der Waals surface area contributed by atoms with Gasteiger partial charge in [-0.2, -0.15) is 8.78 Å². The van der Waals surface area contributed by atoms with Gasteiger partial charge in [0.05, 0.1) is 12.3 Å². The lowest BCUT2D eigenvalue weighted by Crippen LogP contribution is -2.18. The van der Waals surface area contributed by atoms with E-state index >= 15 is 0 Å².